The fourth-order valence-corrected chi connectivity index (χ4v) is 1.82. The molecule has 0 fully saturated rings. The monoisotopic (exact) mass is 228 g/mol. The second-order valence-corrected chi connectivity index (χ2v) is 4.22. The van der Waals surface area contributed by atoms with E-state index < -0.39 is 0 Å². The van der Waals surface area contributed by atoms with E-state index >= 15 is 0 Å². The van der Waals surface area contributed by atoms with Crippen LogP contribution in [0.15, 0.2) is 36.9 Å². The lowest BCUT2D eigenvalue weighted by Gasteiger charge is -2.03. The van der Waals surface area contributed by atoms with Crippen LogP contribution < -0.4 is 0 Å². The first-order chi connectivity index (χ1) is 8.19. The first kappa shape index (κ1) is 11.6. The molecule has 0 saturated heterocycles. The van der Waals surface area contributed by atoms with E-state index in [2.05, 4.69) is 11.1 Å². The Morgan fingerprint density at radius 3 is 2.94 bits per heavy atom. The Morgan fingerprint density at radius 1 is 1.41 bits per heavy atom. The van der Waals surface area contributed by atoms with Gasteiger partial charge in [0.05, 0.1) is 0 Å². The molecule has 0 atom stereocenters. The third-order valence-electron chi connectivity index (χ3n) is 2.69. The van der Waals surface area contributed by atoms with Gasteiger partial charge < -0.3 is 4.57 Å². The van der Waals surface area contributed by atoms with Gasteiger partial charge in [0.15, 0.2) is 5.78 Å². The molecule has 0 radical (unpaired) electrons. The molecule has 0 aliphatic rings. The zero-order valence-corrected chi connectivity index (χ0v) is 10.2. The molecule has 0 aliphatic heterocycles. The number of aryl methyl sites for hydroxylation is 1. The maximum Gasteiger partial charge on any atom is 0.164 e. The van der Waals surface area contributed by atoms with Gasteiger partial charge in [-0.05, 0) is 24.1 Å². The summed E-state index contributed by atoms with van der Waals surface area (Å²) in [5, 5.41) is 0. The minimum absolute atomic E-state index is 0.186. The largest absolute Gasteiger partial charge is 0.349 e. The van der Waals surface area contributed by atoms with Gasteiger partial charge in [0.25, 0.3) is 0 Å². The van der Waals surface area contributed by atoms with Crippen molar-refractivity contribution < 1.29 is 4.79 Å². The average Bonchev–Trinajstić information content (AvgIpc) is 2.76. The SMILES string of the molecule is CCC(=O)c1ccn(Cc2cncc(C)c2)c1. The Balaban J connectivity index is 2.14. The van der Waals surface area contributed by atoms with Crippen LogP contribution in [-0.4, -0.2) is 15.3 Å². The van der Waals surface area contributed by atoms with Crippen LogP contribution in [0.4, 0.5) is 0 Å². The Hall–Kier alpha value is -1.90. The van der Waals surface area contributed by atoms with Crippen molar-refractivity contribution in [2.24, 2.45) is 0 Å². The first-order valence-electron chi connectivity index (χ1n) is 5.78. The Bertz CT molecular complexity index is 529. The van der Waals surface area contributed by atoms with E-state index in [1.54, 1.807) is 0 Å². The Morgan fingerprint density at radius 2 is 2.24 bits per heavy atom. The quantitative estimate of drug-likeness (QED) is 0.754. The van der Waals surface area contributed by atoms with Crippen LogP contribution in [0.25, 0.3) is 0 Å². The number of pyridine rings is 1. The number of Topliss-reactive ketones (excluding diaryl/α,β-unsaturated/α-hetero) is 1. The van der Waals surface area contributed by atoms with E-state index in [1.165, 1.54) is 0 Å². The van der Waals surface area contributed by atoms with Gasteiger partial charge in [0.2, 0.25) is 0 Å². The van der Waals surface area contributed by atoms with Crippen molar-refractivity contribution >= 4 is 5.78 Å². The standard InChI is InChI=1S/C14H16N2O/c1-3-14(17)13-4-5-16(10-13)9-12-6-11(2)7-15-8-12/h4-8,10H,3,9H2,1-2H3. The number of nitrogens with zero attached hydrogens (tertiary/aromatic N) is 2. The fraction of sp³-hybridized carbons (Fsp3) is 0.286. The van der Waals surface area contributed by atoms with Crippen LogP contribution >= 0.6 is 0 Å². The molecule has 0 N–H and O–H groups in total. The topological polar surface area (TPSA) is 34.9 Å². The van der Waals surface area contributed by atoms with Crippen molar-refractivity contribution in [3.63, 3.8) is 0 Å². The summed E-state index contributed by atoms with van der Waals surface area (Å²) in [6.45, 7) is 4.66. The number of aromatic nitrogens is 2. The van der Waals surface area contributed by atoms with Gasteiger partial charge in [0, 0.05) is 43.3 Å². The molecule has 0 aliphatic carbocycles. The average molecular weight is 228 g/mol. The summed E-state index contributed by atoms with van der Waals surface area (Å²) >= 11 is 0. The Labute approximate surface area is 101 Å². The summed E-state index contributed by atoms with van der Waals surface area (Å²) in [6.07, 6.45) is 8.08. The van der Waals surface area contributed by atoms with Crippen LogP contribution in [0.2, 0.25) is 0 Å². The maximum atomic E-state index is 11.5. The van der Waals surface area contributed by atoms with Crippen molar-refractivity contribution in [3.8, 4) is 0 Å². The molecular formula is C14H16N2O. The minimum Gasteiger partial charge on any atom is -0.349 e. The van der Waals surface area contributed by atoms with Gasteiger partial charge in [-0.15, -0.1) is 0 Å². The highest BCUT2D eigenvalue weighted by Crippen LogP contribution is 2.08. The van der Waals surface area contributed by atoms with E-state index in [9.17, 15) is 4.79 Å². The summed E-state index contributed by atoms with van der Waals surface area (Å²) in [5.41, 5.74) is 3.09. The zero-order chi connectivity index (χ0) is 12.3. The van der Waals surface area contributed by atoms with Gasteiger partial charge in [-0.25, -0.2) is 0 Å². The molecule has 2 heterocycles. The molecule has 88 valence electrons. The summed E-state index contributed by atoms with van der Waals surface area (Å²) in [5.74, 6) is 0.186. The van der Waals surface area contributed by atoms with E-state index in [4.69, 9.17) is 0 Å². The lowest BCUT2D eigenvalue weighted by Crippen LogP contribution is -1.99. The van der Waals surface area contributed by atoms with Gasteiger partial charge >= 0.3 is 0 Å². The fourth-order valence-electron chi connectivity index (χ4n) is 1.82. The molecule has 17 heavy (non-hydrogen) atoms. The minimum atomic E-state index is 0.186. The smallest absolute Gasteiger partial charge is 0.164 e. The van der Waals surface area contributed by atoms with E-state index in [-0.39, 0.29) is 5.78 Å². The van der Waals surface area contributed by atoms with Crippen LogP contribution in [0.1, 0.15) is 34.8 Å². The number of ketones is 1. The first-order valence-corrected chi connectivity index (χ1v) is 5.78. The summed E-state index contributed by atoms with van der Waals surface area (Å²) in [6, 6.07) is 3.98. The van der Waals surface area contributed by atoms with Crippen molar-refractivity contribution in [1.82, 2.24) is 9.55 Å². The summed E-state index contributed by atoms with van der Waals surface area (Å²) in [7, 11) is 0. The summed E-state index contributed by atoms with van der Waals surface area (Å²) < 4.78 is 2.01. The van der Waals surface area contributed by atoms with Crippen LogP contribution in [0.3, 0.4) is 0 Å². The highest BCUT2D eigenvalue weighted by Gasteiger charge is 2.05. The van der Waals surface area contributed by atoms with Gasteiger partial charge in [-0.2, -0.15) is 0 Å². The lowest BCUT2D eigenvalue weighted by atomic mass is 10.2. The highest BCUT2D eigenvalue weighted by atomic mass is 16.1. The second-order valence-electron chi connectivity index (χ2n) is 4.22. The lowest BCUT2D eigenvalue weighted by molar-refractivity contribution is 0.0988. The number of carbonyl (C=O) groups excluding carboxylic acids is 1. The number of hydrogen-bond donors (Lipinski definition) is 0. The van der Waals surface area contributed by atoms with Gasteiger partial charge in [-0.3, -0.25) is 9.78 Å². The van der Waals surface area contributed by atoms with E-state index in [1.807, 2.05) is 49.3 Å². The van der Waals surface area contributed by atoms with Crippen LogP contribution in [0.5, 0.6) is 0 Å². The zero-order valence-electron chi connectivity index (χ0n) is 10.2. The molecule has 0 aromatic carbocycles. The molecule has 3 nitrogen and oxygen atoms in total. The molecular weight excluding hydrogens is 212 g/mol. The van der Waals surface area contributed by atoms with Gasteiger partial charge in [0.1, 0.15) is 0 Å². The molecule has 2 aromatic rings. The van der Waals surface area contributed by atoms with Crippen LogP contribution in [0, 0.1) is 6.92 Å². The maximum absolute atomic E-state index is 11.5. The molecule has 0 unspecified atom stereocenters. The molecule has 2 aromatic heterocycles. The van der Waals surface area contributed by atoms with Crippen LogP contribution in [-0.2, 0) is 6.54 Å². The second kappa shape index (κ2) is 4.95. The van der Waals surface area contributed by atoms with Crippen molar-refractivity contribution in [1.29, 1.82) is 0 Å². The molecule has 2 rings (SSSR count). The van der Waals surface area contributed by atoms with Gasteiger partial charge in [-0.1, -0.05) is 13.0 Å². The van der Waals surface area contributed by atoms with E-state index in [0.717, 1.165) is 23.2 Å². The predicted octanol–water partition coefficient (Wildman–Crippen LogP) is 2.83. The van der Waals surface area contributed by atoms with E-state index in [0.29, 0.717) is 6.42 Å². The normalized spacial score (nSPS) is 10.5. The molecule has 3 heteroatoms. The van der Waals surface area contributed by atoms with Crippen molar-refractivity contribution in [2.75, 3.05) is 0 Å². The highest BCUT2D eigenvalue weighted by molar-refractivity contribution is 5.95. The third-order valence-corrected chi connectivity index (χ3v) is 2.69. The Kier molecular flexibility index (Phi) is 3.38. The predicted molar refractivity (Wildman–Crippen MR) is 67.1 cm³/mol. The van der Waals surface area contributed by atoms with Crippen molar-refractivity contribution in [2.45, 2.75) is 26.8 Å². The molecule has 0 saturated carbocycles. The molecule has 0 spiro atoms. The third kappa shape index (κ3) is 2.81. The number of rotatable bonds is 4. The van der Waals surface area contributed by atoms with Crippen molar-refractivity contribution in [3.05, 3.63) is 53.6 Å². The molecule has 0 amide bonds. The summed E-state index contributed by atoms with van der Waals surface area (Å²) in [4.78, 5) is 15.7. The number of hydrogen-bond acceptors (Lipinski definition) is 2. The molecule has 0 bridgehead atoms. The number of carbonyl (C=O) groups is 1.